The van der Waals surface area contributed by atoms with Gasteiger partial charge >= 0.3 is 0 Å². The monoisotopic (exact) mass is 938 g/mol. The van der Waals surface area contributed by atoms with Crippen molar-refractivity contribution in [2.75, 3.05) is 6.61 Å². The summed E-state index contributed by atoms with van der Waals surface area (Å²) in [5.41, 5.74) is 0. The highest BCUT2D eigenvalue weighted by molar-refractivity contribution is 5.76. The molecular formula is C64H107NO3. The fourth-order valence-electron chi connectivity index (χ4n) is 7.81. The lowest BCUT2D eigenvalue weighted by atomic mass is 10.0. The van der Waals surface area contributed by atoms with Crippen LogP contribution in [0.3, 0.4) is 0 Å². The summed E-state index contributed by atoms with van der Waals surface area (Å²) in [7, 11) is 0. The maximum absolute atomic E-state index is 12.5. The molecule has 0 radical (unpaired) electrons. The van der Waals surface area contributed by atoms with Gasteiger partial charge in [-0.1, -0.05) is 263 Å². The Morgan fingerprint density at radius 3 is 1.03 bits per heavy atom. The van der Waals surface area contributed by atoms with Crippen LogP contribution < -0.4 is 5.32 Å². The number of carbonyl (C=O) groups excluding carboxylic acids is 1. The average Bonchev–Trinajstić information content (AvgIpc) is 3.34. The zero-order valence-corrected chi connectivity index (χ0v) is 44.3. The van der Waals surface area contributed by atoms with Crippen molar-refractivity contribution in [3.63, 3.8) is 0 Å². The number of rotatable bonds is 50. The first-order valence-electron chi connectivity index (χ1n) is 28.4. The van der Waals surface area contributed by atoms with E-state index in [1.54, 1.807) is 6.08 Å². The molecule has 1 amide bonds. The minimum absolute atomic E-state index is 0.0876. The summed E-state index contributed by atoms with van der Waals surface area (Å²) >= 11 is 0. The number of aliphatic hydroxyl groups excluding tert-OH is 2. The highest BCUT2D eigenvalue weighted by Gasteiger charge is 2.17. The van der Waals surface area contributed by atoms with Gasteiger partial charge in [-0.2, -0.15) is 0 Å². The number of hydrogen-bond acceptors (Lipinski definition) is 3. The van der Waals surface area contributed by atoms with Crippen molar-refractivity contribution >= 4 is 5.91 Å². The lowest BCUT2D eigenvalue weighted by molar-refractivity contribution is -0.123. The molecule has 0 bridgehead atoms. The first-order chi connectivity index (χ1) is 33.7. The highest BCUT2D eigenvalue weighted by atomic mass is 16.3. The van der Waals surface area contributed by atoms with Crippen LogP contribution in [0.5, 0.6) is 0 Å². The second-order valence-corrected chi connectivity index (χ2v) is 18.6. The fourth-order valence-corrected chi connectivity index (χ4v) is 7.81. The second-order valence-electron chi connectivity index (χ2n) is 18.6. The summed E-state index contributed by atoms with van der Waals surface area (Å²) in [6.45, 7) is 4.18. The summed E-state index contributed by atoms with van der Waals surface area (Å²) in [6, 6.07) is -0.658. The molecule has 68 heavy (non-hydrogen) atoms. The molecule has 0 rings (SSSR count). The molecule has 0 aliphatic rings. The summed E-state index contributed by atoms with van der Waals surface area (Å²) in [6.07, 6.45) is 90.3. The van der Waals surface area contributed by atoms with Crippen molar-refractivity contribution in [3.05, 3.63) is 134 Å². The van der Waals surface area contributed by atoms with Gasteiger partial charge in [0.25, 0.3) is 0 Å². The van der Waals surface area contributed by atoms with E-state index in [1.807, 2.05) is 6.08 Å². The SMILES string of the molecule is CC/C=C\C/C=C\C/C=C\C/C=C\C/C=C\C/C=C\C/C=C\C/C=C\CCCCCCCCCCCCC(=O)NC(CO)C(O)/C=C/CC/C=C/CC/C=C/CCCCCCCCCCCCC. The molecule has 0 aromatic heterocycles. The van der Waals surface area contributed by atoms with Crippen molar-refractivity contribution in [2.24, 2.45) is 0 Å². The van der Waals surface area contributed by atoms with E-state index in [4.69, 9.17) is 0 Å². The van der Waals surface area contributed by atoms with Crippen molar-refractivity contribution < 1.29 is 15.0 Å². The van der Waals surface area contributed by atoms with E-state index in [2.05, 4.69) is 141 Å². The lowest BCUT2D eigenvalue weighted by Gasteiger charge is -2.19. The smallest absolute Gasteiger partial charge is 0.220 e. The van der Waals surface area contributed by atoms with E-state index < -0.39 is 12.1 Å². The maximum Gasteiger partial charge on any atom is 0.220 e. The van der Waals surface area contributed by atoms with Gasteiger partial charge in [0.15, 0.2) is 0 Å². The zero-order valence-electron chi connectivity index (χ0n) is 44.3. The predicted molar refractivity (Wildman–Crippen MR) is 303 cm³/mol. The van der Waals surface area contributed by atoms with E-state index in [9.17, 15) is 15.0 Å². The van der Waals surface area contributed by atoms with Crippen molar-refractivity contribution in [1.29, 1.82) is 0 Å². The van der Waals surface area contributed by atoms with Crippen LogP contribution >= 0.6 is 0 Å². The van der Waals surface area contributed by atoms with Crippen molar-refractivity contribution in [1.82, 2.24) is 5.32 Å². The second kappa shape index (κ2) is 57.8. The lowest BCUT2D eigenvalue weighted by Crippen LogP contribution is -2.45. The van der Waals surface area contributed by atoms with Gasteiger partial charge in [-0.05, 0) is 109 Å². The number of amides is 1. The molecule has 3 N–H and O–H groups in total. The molecule has 0 aliphatic carbocycles. The minimum Gasteiger partial charge on any atom is -0.394 e. The molecule has 2 atom stereocenters. The molecule has 0 heterocycles. The molecule has 2 unspecified atom stereocenters. The van der Waals surface area contributed by atoms with E-state index >= 15 is 0 Å². The topological polar surface area (TPSA) is 69.6 Å². The standard InChI is InChI=1S/C64H107NO3/c1-3-5-7-9-11-13-15-17-19-21-23-25-26-27-28-29-30-31-32-33-34-35-36-37-38-40-42-44-46-48-50-52-54-56-58-60-64(68)65-62(61-66)63(67)59-57-55-53-51-49-47-45-43-41-39-24-22-20-18-16-14-12-10-8-6-4-2/h5,7,11,13,17,19,23,25,27-28,30-31,33-34,36-37,41,43,49,51,57,59,62-63,66-67H,3-4,6,8-10,12,14-16,18,20-22,24,26,29,32,35,38-40,42,44-48,50,52-56,58,60-61H2,1-2H3,(H,65,68)/b7-5-,13-11-,19-17-,25-23-,28-27-,31-30-,34-33-,37-36-,43-41+,51-49+,59-57+. The van der Waals surface area contributed by atoms with Crippen molar-refractivity contribution in [2.45, 2.75) is 257 Å². The number of carbonyl (C=O) groups is 1. The van der Waals surface area contributed by atoms with Crippen LogP contribution in [-0.2, 0) is 4.79 Å². The molecule has 0 saturated heterocycles. The first kappa shape index (κ1) is 64.5. The van der Waals surface area contributed by atoms with Gasteiger partial charge in [0.2, 0.25) is 5.91 Å². The minimum atomic E-state index is -0.882. The molecule has 0 spiro atoms. The number of nitrogens with one attached hydrogen (secondary N) is 1. The van der Waals surface area contributed by atoms with Crippen LogP contribution in [0.2, 0.25) is 0 Å². The van der Waals surface area contributed by atoms with Gasteiger partial charge in [0.1, 0.15) is 0 Å². The van der Waals surface area contributed by atoms with Crippen LogP contribution in [-0.4, -0.2) is 34.9 Å². The molecule has 4 heteroatoms. The Morgan fingerprint density at radius 1 is 0.368 bits per heavy atom. The number of aliphatic hydroxyl groups is 2. The summed E-state index contributed by atoms with van der Waals surface area (Å²) < 4.78 is 0. The third-order valence-electron chi connectivity index (χ3n) is 12.1. The Kier molecular flexibility index (Phi) is 54.9. The average molecular weight is 939 g/mol. The summed E-state index contributed by atoms with van der Waals surface area (Å²) in [4.78, 5) is 12.5. The maximum atomic E-state index is 12.5. The molecule has 0 aliphatic heterocycles. The predicted octanol–water partition coefficient (Wildman–Crippen LogP) is 19.0. The van der Waals surface area contributed by atoms with Crippen molar-refractivity contribution in [3.8, 4) is 0 Å². The van der Waals surface area contributed by atoms with Crippen LogP contribution in [0.4, 0.5) is 0 Å². The summed E-state index contributed by atoms with van der Waals surface area (Å²) in [5, 5.41) is 23.1. The summed E-state index contributed by atoms with van der Waals surface area (Å²) in [5.74, 6) is -0.0876. The van der Waals surface area contributed by atoms with Crippen LogP contribution in [0.1, 0.15) is 245 Å². The number of hydrogen-bond donors (Lipinski definition) is 3. The molecule has 4 nitrogen and oxygen atoms in total. The normalized spacial score (nSPS) is 13.9. The quantitative estimate of drug-likeness (QED) is 0.0420. The van der Waals surface area contributed by atoms with Crippen LogP contribution in [0, 0.1) is 0 Å². The number of allylic oxidation sites excluding steroid dienone is 21. The molecule has 0 aromatic carbocycles. The van der Waals surface area contributed by atoms with Gasteiger partial charge in [-0.15, -0.1) is 0 Å². The first-order valence-corrected chi connectivity index (χ1v) is 28.4. The van der Waals surface area contributed by atoms with E-state index in [-0.39, 0.29) is 12.5 Å². The van der Waals surface area contributed by atoms with E-state index in [0.29, 0.717) is 6.42 Å². The Hall–Kier alpha value is -3.47. The fraction of sp³-hybridized carbons (Fsp3) is 0.641. The van der Waals surface area contributed by atoms with Gasteiger partial charge in [0.05, 0.1) is 18.8 Å². The number of unbranched alkanes of at least 4 members (excludes halogenated alkanes) is 23. The molecule has 386 valence electrons. The largest absolute Gasteiger partial charge is 0.394 e. The Morgan fingerprint density at radius 2 is 0.662 bits per heavy atom. The molecule has 0 saturated carbocycles. The van der Waals surface area contributed by atoms with Gasteiger partial charge in [-0.3, -0.25) is 4.79 Å². The Bertz CT molecular complexity index is 1390. The Balaban J connectivity index is 3.65. The molecule has 0 aromatic rings. The highest BCUT2D eigenvalue weighted by Crippen LogP contribution is 2.14. The van der Waals surface area contributed by atoms with E-state index in [0.717, 1.165) is 96.3 Å². The third kappa shape index (κ3) is 53.5. The third-order valence-corrected chi connectivity index (χ3v) is 12.1. The van der Waals surface area contributed by atoms with Gasteiger partial charge < -0.3 is 15.5 Å². The van der Waals surface area contributed by atoms with Crippen LogP contribution in [0.25, 0.3) is 0 Å². The van der Waals surface area contributed by atoms with Crippen LogP contribution in [0.15, 0.2) is 134 Å². The molecular weight excluding hydrogens is 831 g/mol. The van der Waals surface area contributed by atoms with Gasteiger partial charge in [0, 0.05) is 6.42 Å². The van der Waals surface area contributed by atoms with Gasteiger partial charge in [-0.25, -0.2) is 0 Å². The Labute approximate surface area is 421 Å². The molecule has 0 fully saturated rings. The van der Waals surface area contributed by atoms with E-state index in [1.165, 1.54) is 128 Å². The zero-order chi connectivity index (χ0) is 49.2.